The molecule has 1 unspecified atom stereocenters. The van der Waals surface area contributed by atoms with Gasteiger partial charge in [0.05, 0.1) is 12.5 Å². The maximum Gasteiger partial charge on any atom is 0.242 e. The van der Waals surface area contributed by atoms with Crippen LogP contribution in [0, 0.1) is 0 Å². The highest BCUT2D eigenvalue weighted by atomic mass is 16.5. The lowest BCUT2D eigenvalue weighted by Gasteiger charge is -2.25. The lowest BCUT2D eigenvalue weighted by Crippen LogP contribution is -2.45. The second-order valence-corrected chi connectivity index (χ2v) is 7.91. The predicted octanol–water partition coefficient (Wildman–Crippen LogP) is 1.67. The number of carbonyl (C=O) groups excluding carboxylic acids is 2. The molecule has 1 fully saturated rings. The third kappa shape index (κ3) is 3.25. The van der Waals surface area contributed by atoms with E-state index in [0.29, 0.717) is 19.0 Å². The van der Waals surface area contributed by atoms with Gasteiger partial charge in [-0.3, -0.25) is 14.5 Å². The van der Waals surface area contributed by atoms with Crippen LogP contribution in [0.1, 0.15) is 17.5 Å². The number of anilines is 1. The number of fused-ring (bicyclic) bond motifs is 2. The summed E-state index contributed by atoms with van der Waals surface area (Å²) in [6.07, 6.45) is 2.45. The van der Waals surface area contributed by atoms with Gasteiger partial charge in [0, 0.05) is 44.6 Å². The number of amides is 2. The van der Waals surface area contributed by atoms with Gasteiger partial charge < -0.3 is 14.5 Å². The van der Waals surface area contributed by atoms with Crippen LogP contribution in [0.5, 0.6) is 5.88 Å². The summed E-state index contributed by atoms with van der Waals surface area (Å²) in [6, 6.07) is 11.8. The summed E-state index contributed by atoms with van der Waals surface area (Å²) in [5.41, 5.74) is 2.29. The molecule has 0 saturated carbocycles. The normalized spacial score (nSPS) is 20.9. The molecular formula is C22H26N4O3. The van der Waals surface area contributed by atoms with Crippen LogP contribution in [-0.4, -0.2) is 67.4 Å². The molecule has 2 aliphatic rings. The number of likely N-dealkylation sites (tertiary alicyclic amines) is 1. The Bertz CT molecular complexity index is 945. The minimum Gasteiger partial charge on any atom is -0.481 e. The van der Waals surface area contributed by atoms with Crippen molar-refractivity contribution in [2.45, 2.75) is 18.4 Å². The van der Waals surface area contributed by atoms with Crippen molar-refractivity contribution in [3.8, 4) is 5.88 Å². The zero-order valence-electron chi connectivity index (χ0n) is 17.1. The number of para-hydroxylation sites is 1. The topological polar surface area (TPSA) is 66.0 Å². The van der Waals surface area contributed by atoms with Gasteiger partial charge in [-0.2, -0.15) is 0 Å². The average molecular weight is 394 g/mol. The number of pyridine rings is 1. The van der Waals surface area contributed by atoms with E-state index in [1.165, 1.54) is 4.90 Å². The van der Waals surface area contributed by atoms with Crippen molar-refractivity contribution >= 4 is 17.5 Å². The molecule has 2 amide bonds. The van der Waals surface area contributed by atoms with Gasteiger partial charge in [0.25, 0.3) is 0 Å². The lowest BCUT2D eigenvalue weighted by atomic mass is 9.81. The fraction of sp³-hybridized carbons (Fsp3) is 0.409. The highest BCUT2D eigenvalue weighted by molar-refractivity contribution is 6.11. The zero-order chi connectivity index (χ0) is 20.6. The van der Waals surface area contributed by atoms with E-state index in [-0.39, 0.29) is 18.4 Å². The molecule has 1 aromatic heterocycles. The Kier molecular flexibility index (Phi) is 5.00. The van der Waals surface area contributed by atoms with Crippen LogP contribution < -0.4 is 9.64 Å². The van der Waals surface area contributed by atoms with Crippen molar-refractivity contribution in [2.75, 3.05) is 45.7 Å². The molecule has 3 heterocycles. The van der Waals surface area contributed by atoms with Gasteiger partial charge in [-0.25, -0.2) is 4.98 Å². The Morgan fingerprint density at radius 1 is 1.24 bits per heavy atom. The molecule has 1 atom stereocenters. The summed E-state index contributed by atoms with van der Waals surface area (Å²) < 4.78 is 5.38. The third-order valence-corrected chi connectivity index (χ3v) is 5.94. The molecule has 0 aliphatic carbocycles. The number of likely N-dealkylation sites (N-methyl/N-ethyl adjacent to an activating group) is 1. The molecule has 7 heteroatoms. The van der Waals surface area contributed by atoms with Crippen LogP contribution in [-0.2, 0) is 21.5 Å². The minimum atomic E-state index is -0.599. The van der Waals surface area contributed by atoms with E-state index in [4.69, 9.17) is 4.74 Å². The smallest absolute Gasteiger partial charge is 0.242 e. The molecule has 29 heavy (non-hydrogen) atoms. The van der Waals surface area contributed by atoms with Crippen molar-refractivity contribution in [1.29, 1.82) is 0 Å². The maximum absolute atomic E-state index is 13.6. The Morgan fingerprint density at radius 3 is 2.79 bits per heavy atom. The van der Waals surface area contributed by atoms with Crippen molar-refractivity contribution in [1.82, 2.24) is 14.8 Å². The third-order valence-electron chi connectivity index (χ3n) is 5.94. The molecule has 2 aliphatic heterocycles. The molecular weight excluding hydrogens is 368 g/mol. The first-order valence-electron chi connectivity index (χ1n) is 9.78. The molecule has 4 rings (SSSR count). The van der Waals surface area contributed by atoms with Gasteiger partial charge >= 0.3 is 0 Å². The summed E-state index contributed by atoms with van der Waals surface area (Å²) in [5, 5.41) is 0. The Morgan fingerprint density at radius 2 is 2.03 bits per heavy atom. The van der Waals surface area contributed by atoms with Crippen LogP contribution >= 0.6 is 0 Å². The maximum atomic E-state index is 13.6. The van der Waals surface area contributed by atoms with E-state index in [2.05, 4.69) is 9.88 Å². The minimum absolute atomic E-state index is 0.0227. The predicted molar refractivity (Wildman–Crippen MR) is 110 cm³/mol. The molecule has 152 valence electrons. The average Bonchev–Trinajstić information content (AvgIpc) is 3.25. The number of carbonyl (C=O) groups is 2. The van der Waals surface area contributed by atoms with Crippen molar-refractivity contribution in [3.63, 3.8) is 0 Å². The summed E-state index contributed by atoms with van der Waals surface area (Å²) in [5.74, 6) is 0.555. The van der Waals surface area contributed by atoms with E-state index >= 15 is 0 Å². The highest BCUT2D eigenvalue weighted by Gasteiger charge is 2.54. The second-order valence-electron chi connectivity index (χ2n) is 7.91. The molecule has 1 saturated heterocycles. The zero-order valence-corrected chi connectivity index (χ0v) is 17.1. The summed E-state index contributed by atoms with van der Waals surface area (Å²) >= 11 is 0. The molecule has 7 nitrogen and oxygen atoms in total. The fourth-order valence-electron chi connectivity index (χ4n) is 4.42. The van der Waals surface area contributed by atoms with Crippen LogP contribution in [0.15, 0.2) is 42.6 Å². The van der Waals surface area contributed by atoms with Gasteiger partial charge in [-0.05, 0) is 30.7 Å². The van der Waals surface area contributed by atoms with E-state index in [1.807, 2.05) is 36.4 Å². The number of hydrogen-bond donors (Lipinski definition) is 0. The number of rotatable bonds is 5. The summed E-state index contributed by atoms with van der Waals surface area (Å²) in [4.78, 5) is 35.6. The first-order valence-corrected chi connectivity index (χ1v) is 9.78. The SMILES string of the molecule is COc1ncccc1CN1CCC2(C1)C(=O)N(CC(=O)N(C)C)c1ccccc12. The van der Waals surface area contributed by atoms with E-state index in [1.54, 1.807) is 32.3 Å². The summed E-state index contributed by atoms with van der Waals surface area (Å²) in [6.45, 7) is 2.16. The monoisotopic (exact) mass is 394 g/mol. The number of nitrogens with zero attached hydrogens (tertiary/aromatic N) is 4. The first kappa shape index (κ1) is 19.4. The number of hydrogen-bond acceptors (Lipinski definition) is 5. The van der Waals surface area contributed by atoms with E-state index in [0.717, 1.165) is 29.8 Å². The van der Waals surface area contributed by atoms with Crippen molar-refractivity contribution in [3.05, 3.63) is 53.7 Å². The Balaban J connectivity index is 1.61. The van der Waals surface area contributed by atoms with Gasteiger partial charge in [0.2, 0.25) is 17.7 Å². The van der Waals surface area contributed by atoms with E-state index < -0.39 is 5.41 Å². The van der Waals surface area contributed by atoms with Crippen molar-refractivity contribution in [2.24, 2.45) is 0 Å². The highest BCUT2D eigenvalue weighted by Crippen LogP contribution is 2.47. The lowest BCUT2D eigenvalue weighted by molar-refractivity contribution is -0.130. The van der Waals surface area contributed by atoms with E-state index in [9.17, 15) is 9.59 Å². The Hall–Kier alpha value is -2.93. The largest absolute Gasteiger partial charge is 0.481 e. The van der Waals surface area contributed by atoms with Crippen molar-refractivity contribution < 1.29 is 14.3 Å². The van der Waals surface area contributed by atoms with Gasteiger partial charge in [-0.1, -0.05) is 24.3 Å². The van der Waals surface area contributed by atoms with Crippen LogP contribution in [0.3, 0.4) is 0 Å². The van der Waals surface area contributed by atoms with Gasteiger partial charge in [0.15, 0.2) is 0 Å². The summed E-state index contributed by atoms with van der Waals surface area (Å²) in [7, 11) is 5.04. The van der Waals surface area contributed by atoms with Gasteiger partial charge in [-0.15, -0.1) is 0 Å². The van der Waals surface area contributed by atoms with Crippen LogP contribution in [0.2, 0.25) is 0 Å². The molecule has 2 aromatic rings. The van der Waals surface area contributed by atoms with Crippen LogP contribution in [0.4, 0.5) is 5.69 Å². The number of benzene rings is 1. The molecule has 1 aromatic carbocycles. The van der Waals surface area contributed by atoms with Crippen LogP contribution in [0.25, 0.3) is 0 Å². The quantitative estimate of drug-likeness (QED) is 0.772. The standard InChI is InChI=1S/C22H26N4O3/c1-24(2)19(27)14-26-18-9-5-4-8-17(18)22(21(26)28)10-12-25(15-22)13-16-7-6-11-23-20(16)29-3/h4-9,11H,10,12-15H2,1-3H3. The fourth-order valence-corrected chi connectivity index (χ4v) is 4.42. The van der Waals surface area contributed by atoms with Gasteiger partial charge in [0.1, 0.15) is 6.54 Å². The first-order chi connectivity index (χ1) is 14.0. The molecule has 0 bridgehead atoms. The molecule has 0 N–H and O–H groups in total. The number of aromatic nitrogens is 1. The molecule has 0 radical (unpaired) electrons. The number of ether oxygens (including phenoxy) is 1. The second kappa shape index (κ2) is 7.48. The Labute approximate surface area is 170 Å². The number of methoxy groups -OCH3 is 1. The molecule has 1 spiro atoms.